The Balaban J connectivity index is 5.53. The number of hydrogen-bond donors (Lipinski definition) is 10. The largest absolute Gasteiger partial charge is 0.353 e. The minimum Gasteiger partial charge on any atom is -0.353 e. The average Bonchev–Trinajstić information content (AvgIpc) is 3.02. The van der Waals surface area contributed by atoms with Crippen LogP contribution in [0.15, 0.2) is 0 Å². The number of nitrogens with zero attached hydrogens (tertiary/aromatic N) is 1. The summed E-state index contributed by atoms with van der Waals surface area (Å²) in [5, 5.41) is 28.7. The third-order valence-electron chi connectivity index (χ3n) is 7.47. The van der Waals surface area contributed by atoms with E-state index in [-0.39, 0.29) is 37.9 Å². The van der Waals surface area contributed by atoms with Gasteiger partial charge in [0.05, 0.1) is 24.8 Å². The summed E-state index contributed by atoms with van der Waals surface area (Å²) in [6, 6.07) is -3.63. The predicted octanol–water partition coefficient (Wildman–Crippen LogP) is -4.35. The van der Waals surface area contributed by atoms with Gasteiger partial charge in [-0.15, -0.1) is 0 Å². The predicted molar refractivity (Wildman–Crippen MR) is 172 cm³/mol. The van der Waals surface area contributed by atoms with Crippen LogP contribution in [-0.2, 0) is 24.0 Å². The Kier molecular flexibility index (Phi) is 23.0. The Morgan fingerprint density at radius 1 is 0.545 bits per heavy atom. The molecular formula is C28H59N11O5. The van der Waals surface area contributed by atoms with E-state index in [0.29, 0.717) is 39.0 Å². The van der Waals surface area contributed by atoms with E-state index >= 15 is 0 Å². The second-order valence-electron chi connectivity index (χ2n) is 10.4. The lowest BCUT2D eigenvalue weighted by Crippen LogP contribution is -2.59. The molecule has 0 aliphatic heterocycles. The highest BCUT2D eigenvalue weighted by atomic mass is 16.2. The molecule has 0 aromatic carbocycles. The minimum absolute atomic E-state index is 0.0220. The van der Waals surface area contributed by atoms with E-state index in [2.05, 4.69) is 53.2 Å². The molecule has 5 unspecified atom stereocenters. The summed E-state index contributed by atoms with van der Waals surface area (Å²) in [6.07, 6.45) is 1.05. The van der Waals surface area contributed by atoms with Crippen molar-refractivity contribution in [1.82, 2.24) is 58.1 Å². The molecule has 0 bridgehead atoms. The summed E-state index contributed by atoms with van der Waals surface area (Å²) in [4.78, 5) is 66.9. The summed E-state index contributed by atoms with van der Waals surface area (Å²) in [5.41, 5.74) is 0. The number of carbonyl (C=O) groups is 5. The highest BCUT2D eigenvalue weighted by molar-refractivity contribution is 5.94. The zero-order chi connectivity index (χ0) is 33.5. The second-order valence-corrected chi connectivity index (χ2v) is 10.4. The SMILES string of the molecule is CCN(CC)CNC(=O)C(CNC(=O)C(CNC(=O)C(CCNC)NC)NC)NC(=O)C(CC(=O)C(CCNC)NC)NC. The summed E-state index contributed by atoms with van der Waals surface area (Å²) in [6.45, 7) is 6.73. The summed E-state index contributed by atoms with van der Waals surface area (Å²) in [5.74, 6) is -1.86. The fraction of sp³-hybridized carbons (Fsp3) is 0.821. The fourth-order valence-corrected chi connectivity index (χ4v) is 4.34. The van der Waals surface area contributed by atoms with Gasteiger partial charge in [0.1, 0.15) is 12.1 Å². The Bertz CT molecular complexity index is 860. The van der Waals surface area contributed by atoms with E-state index in [9.17, 15) is 24.0 Å². The van der Waals surface area contributed by atoms with E-state index in [1.165, 1.54) is 0 Å². The van der Waals surface area contributed by atoms with Crippen molar-refractivity contribution in [2.75, 3.05) is 88.2 Å². The normalized spacial score (nSPS) is 14.7. The number of amides is 4. The number of nitrogens with one attached hydrogen (secondary N) is 10. The van der Waals surface area contributed by atoms with Crippen LogP contribution < -0.4 is 53.2 Å². The fourth-order valence-electron chi connectivity index (χ4n) is 4.34. The van der Waals surface area contributed by atoms with Gasteiger partial charge in [-0.05, 0) is 81.3 Å². The van der Waals surface area contributed by atoms with Crippen molar-refractivity contribution < 1.29 is 24.0 Å². The van der Waals surface area contributed by atoms with Gasteiger partial charge in [0.2, 0.25) is 23.6 Å². The molecule has 16 nitrogen and oxygen atoms in total. The molecule has 0 rings (SSSR count). The maximum absolute atomic E-state index is 13.2. The molecule has 4 amide bonds. The lowest BCUT2D eigenvalue weighted by atomic mass is 10.0. The number of hydrogen-bond acceptors (Lipinski definition) is 12. The van der Waals surface area contributed by atoms with E-state index in [0.717, 1.165) is 0 Å². The van der Waals surface area contributed by atoms with Crippen LogP contribution in [0.2, 0.25) is 0 Å². The molecule has 44 heavy (non-hydrogen) atoms. The van der Waals surface area contributed by atoms with Gasteiger partial charge >= 0.3 is 0 Å². The quantitative estimate of drug-likeness (QED) is 0.0412. The van der Waals surface area contributed by atoms with Gasteiger partial charge < -0.3 is 53.2 Å². The molecule has 0 aliphatic rings. The minimum atomic E-state index is -1.11. The van der Waals surface area contributed by atoms with E-state index in [1.54, 1.807) is 42.3 Å². The molecule has 0 fully saturated rings. The van der Waals surface area contributed by atoms with Crippen molar-refractivity contribution >= 4 is 29.4 Å². The van der Waals surface area contributed by atoms with Gasteiger partial charge in [-0.2, -0.15) is 0 Å². The van der Waals surface area contributed by atoms with Crippen molar-refractivity contribution in [2.24, 2.45) is 0 Å². The second kappa shape index (κ2) is 24.6. The highest BCUT2D eigenvalue weighted by Gasteiger charge is 2.29. The average molecular weight is 630 g/mol. The maximum atomic E-state index is 13.2. The molecule has 5 atom stereocenters. The number of rotatable bonds is 26. The molecule has 0 aromatic heterocycles. The highest BCUT2D eigenvalue weighted by Crippen LogP contribution is 2.02. The van der Waals surface area contributed by atoms with Crippen molar-refractivity contribution in [3.05, 3.63) is 0 Å². The van der Waals surface area contributed by atoms with Gasteiger partial charge in [0.15, 0.2) is 5.78 Å². The van der Waals surface area contributed by atoms with Crippen LogP contribution in [0, 0.1) is 0 Å². The van der Waals surface area contributed by atoms with Crippen LogP contribution in [-0.4, -0.2) is 153 Å². The van der Waals surface area contributed by atoms with Crippen LogP contribution in [0.5, 0.6) is 0 Å². The summed E-state index contributed by atoms with van der Waals surface area (Å²) >= 11 is 0. The first-order valence-electron chi connectivity index (χ1n) is 15.4. The molecule has 0 saturated carbocycles. The Morgan fingerprint density at radius 3 is 1.48 bits per heavy atom. The standard InChI is InChI=1S/C28H59N11O5/c1-9-39(10-2)18-37-27(43)23(38-28(44)21(33-7)15-24(40)19(31-5)11-13-29-3)17-36-26(42)22(34-8)16-35-25(41)20(32-6)12-14-30-4/h19-23,29-34H,9-18H2,1-8H3,(H,35,41)(H,36,42)(H,37,43)(H,38,44). The molecule has 0 saturated heterocycles. The van der Waals surface area contributed by atoms with E-state index in [1.807, 2.05) is 18.7 Å². The van der Waals surface area contributed by atoms with Crippen LogP contribution in [0.25, 0.3) is 0 Å². The molecule has 0 aromatic rings. The molecule has 0 spiro atoms. The number of carbonyl (C=O) groups excluding carboxylic acids is 5. The Hall–Kier alpha value is -2.73. The first-order valence-corrected chi connectivity index (χ1v) is 15.4. The third kappa shape index (κ3) is 15.8. The van der Waals surface area contributed by atoms with Crippen molar-refractivity contribution in [2.45, 2.75) is 63.3 Å². The zero-order valence-electron chi connectivity index (χ0n) is 27.9. The molecule has 0 aliphatic carbocycles. The number of Topliss-reactive ketones (excluding diaryl/α,β-unsaturated/α-hetero) is 1. The van der Waals surface area contributed by atoms with Crippen LogP contribution in [0.1, 0.15) is 33.1 Å². The Labute approximate surface area is 263 Å². The zero-order valence-corrected chi connectivity index (χ0v) is 27.9. The van der Waals surface area contributed by atoms with Crippen LogP contribution in [0.4, 0.5) is 0 Å². The summed E-state index contributed by atoms with van der Waals surface area (Å²) < 4.78 is 0. The lowest BCUT2D eigenvalue weighted by molar-refractivity contribution is -0.132. The van der Waals surface area contributed by atoms with Crippen molar-refractivity contribution in [3.8, 4) is 0 Å². The number of likely N-dealkylation sites (N-methyl/N-ethyl adjacent to an activating group) is 4. The maximum Gasteiger partial charge on any atom is 0.245 e. The molecule has 0 heterocycles. The smallest absolute Gasteiger partial charge is 0.245 e. The molecule has 0 radical (unpaired) electrons. The number of ketones is 1. The monoisotopic (exact) mass is 629 g/mol. The van der Waals surface area contributed by atoms with Gasteiger partial charge in [-0.25, -0.2) is 0 Å². The van der Waals surface area contributed by atoms with Gasteiger partial charge in [0, 0.05) is 19.5 Å². The summed E-state index contributed by atoms with van der Waals surface area (Å²) in [7, 11) is 10.1. The first-order chi connectivity index (χ1) is 21.1. The van der Waals surface area contributed by atoms with Gasteiger partial charge in [0.25, 0.3) is 0 Å². The van der Waals surface area contributed by atoms with E-state index in [4.69, 9.17) is 0 Å². The van der Waals surface area contributed by atoms with Crippen molar-refractivity contribution in [1.29, 1.82) is 0 Å². The van der Waals surface area contributed by atoms with Crippen LogP contribution in [0.3, 0.4) is 0 Å². The van der Waals surface area contributed by atoms with Crippen molar-refractivity contribution in [3.63, 3.8) is 0 Å². The Morgan fingerprint density at radius 2 is 1.00 bits per heavy atom. The van der Waals surface area contributed by atoms with Gasteiger partial charge in [-0.1, -0.05) is 13.8 Å². The third-order valence-corrected chi connectivity index (χ3v) is 7.47. The molecule has 256 valence electrons. The molecular weight excluding hydrogens is 570 g/mol. The first kappa shape index (κ1) is 41.3. The lowest BCUT2D eigenvalue weighted by Gasteiger charge is -2.26. The van der Waals surface area contributed by atoms with Crippen LogP contribution >= 0.6 is 0 Å². The molecule has 10 N–H and O–H groups in total. The topological polar surface area (TPSA) is 209 Å². The molecule has 16 heteroatoms. The van der Waals surface area contributed by atoms with Gasteiger partial charge in [-0.3, -0.25) is 28.9 Å². The van der Waals surface area contributed by atoms with E-state index < -0.39 is 47.9 Å².